The van der Waals surface area contributed by atoms with Crippen LogP contribution in [0.4, 0.5) is 19.0 Å². The van der Waals surface area contributed by atoms with Gasteiger partial charge in [-0.2, -0.15) is 23.5 Å². The molecule has 0 aliphatic heterocycles. The van der Waals surface area contributed by atoms with E-state index in [9.17, 15) is 31.1 Å². The van der Waals surface area contributed by atoms with Crippen LogP contribution < -0.4 is 5.32 Å². The van der Waals surface area contributed by atoms with Crippen LogP contribution in [0.1, 0.15) is 18.2 Å². The fourth-order valence-corrected chi connectivity index (χ4v) is 4.61. The number of aromatic nitrogens is 2. The average molecular weight is 503 g/mol. The van der Waals surface area contributed by atoms with Crippen molar-refractivity contribution in [1.29, 1.82) is 5.26 Å². The Hall–Kier alpha value is -1.81. The molecule has 30 heavy (non-hydrogen) atoms. The Balaban J connectivity index is 2.66. The minimum absolute atomic E-state index is 0.0535. The molecule has 0 aliphatic rings. The first-order valence-corrected chi connectivity index (χ1v) is 12.3. The van der Waals surface area contributed by atoms with Gasteiger partial charge in [-0.3, -0.25) is 4.21 Å². The smallest absolute Gasteiger partial charge is 0.368 e. The van der Waals surface area contributed by atoms with Gasteiger partial charge in [-0.25, -0.2) is 13.1 Å². The molecule has 0 saturated heterocycles. The van der Waals surface area contributed by atoms with Gasteiger partial charge in [0.15, 0.2) is 15.5 Å². The lowest BCUT2D eigenvalue weighted by Crippen LogP contribution is -2.19. The van der Waals surface area contributed by atoms with Crippen molar-refractivity contribution in [2.75, 3.05) is 29.6 Å². The van der Waals surface area contributed by atoms with Crippen molar-refractivity contribution in [2.45, 2.75) is 18.0 Å². The normalized spacial score (nSPS) is 13.1. The highest BCUT2D eigenvalue weighted by molar-refractivity contribution is 7.91. The monoisotopic (exact) mass is 502 g/mol. The number of hydrogen-bond acceptors (Lipinski definition) is 6. The highest BCUT2D eigenvalue weighted by Crippen LogP contribution is 2.39. The van der Waals surface area contributed by atoms with Crippen LogP contribution in [-0.2, 0) is 26.8 Å². The summed E-state index contributed by atoms with van der Waals surface area (Å²) in [5, 5.41) is 15.2. The zero-order valence-electron chi connectivity index (χ0n) is 15.5. The van der Waals surface area contributed by atoms with Crippen molar-refractivity contribution in [1.82, 2.24) is 9.78 Å². The molecule has 164 valence electrons. The van der Waals surface area contributed by atoms with Gasteiger partial charge in [0.2, 0.25) is 0 Å². The average Bonchev–Trinajstić information content (AvgIpc) is 2.98. The second-order valence-corrected chi connectivity index (χ2v) is 10.6. The first-order valence-electron chi connectivity index (χ1n) is 8.19. The van der Waals surface area contributed by atoms with Gasteiger partial charge in [-0.1, -0.05) is 30.1 Å². The summed E-state index contributed by atoms with van der Waals surface area (Å²) in [4.78, 5) is -0.0570. The predicted molar refractivity (Wildman–Crippen MR) is 108 cm³/mol. The van der Waals surface area contributed by atoms with Crippen molar-refractivity contribution < 1.29 is 25.8 Å². The number of benzene rings is 1. The number of anilines is 1. The van der Waals surface area contributed by atoms with Crippen molar-refractivity contribution in [3.05, 3.63) is 33.4 Å². The van der Waals surface area contributed by atoms with Crippen LogP contribution in [0, 0.1) is 11.3 Å². The maximum atomic E-state index is 13.0. The molecule has 0 saturated carbocycles. The van der Waals surface area contributed by atoms with E-state index in [1.54, 1.807) is 6.07 Å². The largest absolute Gasteiger partial charge is 0.416 e. The predicted octanol–water partition coefficient (Wildman–Crippen LogP) is 3.65. The summed E-state index contributed by atoms with van der Waals surface area (Å²) in [6.45, 7) is 1.34. The molecule has 1 N–H and O–H groups in total. The first kappa shape index (κ1) is 24.5. The molecule has 0 fully saturated rings. The van der Waals surface area contributed by atoms with Crippen molar-refractivity contribution in [3.63, 3.8) is 0 Å². The van der Waals surface area contributed by atoms with Gasteiger partial charge in [0.25, 0.3) is 0 Å². The van der Waals surface area contributed by atoms with Crippen LogP contribution in [0.25, 0.3) is 5.69 Å². The van der Waals surface area contributed by atoms with Gasteiger partial charge in [0.1, 0.15) is 22.5 Å². The second kappa shape index (κ2) is 9.13. The summed E-state index contributed by atoms with van der Waals surface area (Å²) in [5.41, 5.74) is -1.54. The summed E-state index contributed by atoms with van der Waals surface area (Å²) >= 11 is 12.1. The van der Waals surface area contributed by atoms with Crippen molar-refractivity contribution in [3.8, 4) is 11.8 Å². The molecule has 7 nitrogen and oxygen atoms in total. The topological polar surface area (TPSA) is 105 Å². The Bertz CT molecular complexity index is 1120. The molecule has 1 heterocycles. The molecule has 1 atom stereocenters. The van der Waals surface area contributed by atoms with Crippen LogP contribution in [0.3, 0.4) is 0 Å². The van der Waals surface area contributed by atoms with Gasteiger partial charge < -0.3 is 5.32 Å². The van der Waals surface area contributed by atoms with E-state index in [2.05, 4.69) is 10.4 Å². The van der Waals surface area contributed by atoms with E-state index in [0.717, 1.165) is 4.68 Å². The van der Waals surface area contributed by atoms with Crippen LogP contribution in [0.5, 0.6) is 0 Å². The Labute approximate surface area is 183 Å². The van der Waals surface area contributed by atoms with E-state index >= 15 is 0 Å². The Kier molecular flexibility index (Phi) is 7.45. The molecule has 1 aromatic heterocycles. The zero-order valence-corrected chi connectivity index (χ0v) is 18.7. The molecular formula is C16H15Cl2F3N4O3S2. The van der Waals surface area contributed by atoms with Gasteiger partial charge in [-0.15, -0.1) is 0 Å². The summed E-state index contributed by atoms with van der Waals surface area (Å²) in [7, 11) is -5.09. The first-order chi connectivity index (χ1) is 13.8. The van der Waals surface area contributed by atoms with E-state index < -0.39 is 42.4 Å². The zero-order chi connectivity index (χ0) is 22.9. The fraction of sp³-hybridized carbons (Fsp3) is 0.375. The lowest BCUT2D eigenvalue weighted by Gasteiger charge is -2.15. The molecule has 0 amide bonds. The maximum absolute atomic E-state index is 13.0. The number of alkyl halides is 3. The second-order valence-electron chi connectivity index (χ2n) is 5.95. The minimum atomic E-state index is -4.70. The van der Waals surface area contributed by atoms with Gasteiger partial charge in [0.05, 0.1) is 32.2 Å². The molecular weight excluding hydrogens is 488 g/mol. The summed E-state index contributed by atoms with van der Waals surface area (Å²) in [6.07, 6.45) is -3.43. The third-order valence-electron chi connectivity index (χ3n) is 3.94. The van der Waals surface area contributed by atoms with Gasteiger partial charge >= 0.3 is 6.18 Å². The molecule has 0 aliphatic carbocycles. The van der Waals surface area contributed by atoms with E-state index in [-0.39, 0.29) is 40.1 Å². The molecule has 14 heteroatoms. The van der Waals surface area contributed by atoms with E-state index in [1.165, 1.54) is 13.2 Å². The number of nitriles is 1. The number of hydrogen-bond donors (Lipinski definition) is 1. The SMILES string of the molecule is CCS(=O)(=O)CCNc1c(S(C)=O)c(C#N)nn1-c1c(Cl)cc(C(F)(F)F)cc1Cl. The highest BCUT2D eigenvalue weighted by Gasteiger charge is 2.33. The molecule has 1 unspecified atom stereocenters. The third kappa shape index (κ3) is 5.26. The highest BCUT2D eigenvalue weighted by atomic mass is 35.5. The van der Waals surface area contributed by atoms with Gasteiger partial charge in [-0.05, 0) is 12.1 Å². The van der Waals surface area contributed by atoms with Crippen LogP contribution >= 0.6 is 23.2 Å². The molecule has 2 aromatic rings. The quantitative estimate of drug-likeness (QED) is 0.619. The lowest BCUT2D eigenvalue weighted by molar-refractivity contribution is -0.137. The summed E-state index contributed by atoms with van der Waals surface area (Å²) < 4.78 is 75.7. The van der Waals surface area contributed by atoms with Crippen LogP contribution in [-0.4, -0.2) is 46.7 Å². The van der Waals surface area contributed by atoms with Gasteiger partial charge in [0, 0.05) is 18.6 Å². The minimum Gasteiger partial charge on any atom is -0.368 e. The van der Waals surface area contributed by atoms with Crippen molar-refractivity contribution >= 4 is 49.7 Å². The van der Waals surface area contributed by atoms with Crippen molar-refractivity contribution in [2.24, 2.45) is 0 Å². The molecule has 0 radical (unpaired) electrons. The molecule has 0 bridgehead atoms. The summed E-state index contributed by atoms with van der Waals surface area (Å²) in [6, 6.07) is 3.04. The Morgan fingerprint density at radius 1 is 1.30 bits per heavy atom. The van der Waals surface area contributed by atoms with Crippen LogP contribution in [0.2, 0.25) is 10.0 Å². The number of nitrogens with zero attached hydrogens (tertiary/aromatic N) is 3. The van der Waals surface area contributed by atoms with E-state index in [4.69, 9.17) is 23.2 Å². The standard InChI is InChI=1S/C16H15Cl2F3N4O3S2/c1-3-30(27,28)5-4-23-15-14(29(2)26)12(8-22)24-25(15)13-10(17)6-9(7-11(13)18)16(19,20)21/h6-7,23H,3-5H2,1-2H3. The fourth-order valence-electron chi connectivity index (χ4n) is 2.47. The molecule has 1 aromatic carbocycles. The molecule has 0 spiro atoms. The Morgan fingerprint density at radius 2 is 1.87 bits per heavy atom. The van der Waals surface area contributed by atoms with E-state index in [0.29, 0.717) is 12.1 Å². The molecule has 2 rings (SSSR count). The lowest BCUT2D eigenvalue weighted by atomic mass is 10.2. The van der Waals surface area contributed by atoms with Crippen LogP contribution in [0.15, 0.2) is 17.0 Å². The number of rotatable bonds is 7. The van der Waals surface area contributed by atoms with E-state index in [1.807, 2.05) is 0 Å². The Morgan fingerprint density at radius 3 is 2.30 bits per heavy atom. The number of sulfone groups is 1. The third-order valence-corrected chi connectivity index (χ3v) is 7.18. The number of nitrogens with one attached hydrogen (secondary N) is 1. The maximum Gasteiger partial charge on any atom is 0.416 e. The number of halogens is 5. The summed E-state index contributed by atoms with van der Waals surface area (Å²) in [5.74, 6) is -0.427.